The molecule has 2 N–H and O–H groups in total. The Bertz CT molecular complexity index is 358. The number of likely N-dealkylation sites (tertiary alicyclic amines) is 1. The van der Waals surface area contributed by atoms with E-state index in [-0.39, 0.29) is 0 Å². The molecular weight excluding hydrogens is 208 g/mol. The summed E-state index contributed by atoms with van der Waals surface area (Å²) in [6.45, 7) is 9.03. The van der Waals surface area contributed by atoms with E-state index in [4.69, 9.17) is 5.73 Å². The molecule has 1 aromatic rings. The van der Waals surface area contributed by atoms with Gasteiger partial charge in [0, 0.05) is 25.2 Å². The van der Waals surface area contributed by atoms with Crippen molar-refractivity contribution in [3.8, 4) is 0 Å². The van der Waals surface area contributed by atoms with Crippen molar-refractivity contribution in [3.05, 3.63) is 35.9 Å². The Morgan fingerprint density at radius 3 is 2.59 bits per heavy atom. The summed E-state index contributed by atoms with van der Waals surface area (Å²) in [5.74, 6) is 0. The highest BCUT2D eigenvalue weighted by molar-refractivity contribution is 5.15. The van der Waals surface area contributed by atoms with E-state index in [0.717, 1.165) is 19.5 Å². The molecule has 2 rings (SSSR count). The highest BCUT2D eigenvalue weighted by Crippen LogP contribution is 2.32. The number of hydrogen-bond acceptors (Lipinski definition) is 2. The molecule has 0 radical (unpaired) electrons. The lowest BCUT2D eigenvalue weighted by Gasteiger charge is -2.46. The Kier molecular flexibility index (Phi) is 3.55. The number of piperidine rings is 1. The third-order valence-electron chi connectivity index (χ3n) is 3.84. The molecule has 1 fully saturated rings. The summed E-state index contributed by atoms with van der Waals surface area (Å²) in [5, 5.41) is 0. The summed E-state index contributed by atoms with van der Waals surface area (Å²) >= 11 is 0. The van der Waals surface area contributed by atoms with Crippen LogP contribution in [0, 0.1) is 5.41 Å². The molecule has 1 saturated heterocycles. The lowest BCUT2D eigenvalue weighted by molar-refractivity contribution is 0.0491. The largest absolute Gasteiger partial charge is 0.326 e. The third kappa shape index (κ3) is 3.08. The van der Waals surface area contributed by atoms with Crippen LogP contribution in [-0.4, -0.2) is 23.5 Å². The van der Waals surface area contributed by atoms with Crippen molar-refractivity contribution in [2.45, 2.75) is 45.8 Å². The fourth-order valence-electron chi connectivity index (χ4n) is 2.86. The first-order chi connectivity index (χ1) is 7.98. The molecule has 2 nitrogen and oxygen atoms in total. The van der Waals surface area contributed by atoms with E-state index in [1.165, 1.54) is 5.56 Å². The Hall–Kier alpha value is -0.860. The SMILES string of the molecule is C[C@@H]1[C@@H](N)CC(C)(C)CN1Cc1ccccc1. The Morgan fingerprint density at radius 1 is 1.29 bits per heavy atom. The topological polar surface area (TPSA) is 29.3 Å². The Morgan fingerprint density at radius 2 is 1.94 bits per heavy atom. The highest BCUT2D eigenvalue weighted by atomic mass is 15.2. The highest BCUT2D eigenvalue weighted by Gasteiger charge is 2.35. The molecule has 2 atom stereocenters. The van der Waals surface area contributed by atoms with Crippen LogP contribution in [0.15, 0.2) is 30.3 Å². The maximum Gasteiger partial charge on any atom is 0.0237 e. The van der Waals surface area contributed by atoms with Crippen LogP contribution in [0.1, 0.15) is 32.8 Å². The number of benzene rings is 1. The van der Waals surface area contributed by atoms with Crippen molar-refractivity contribution in [2.24, 2.45) is 11.1 Å². The first-order valence-electron chi connectivity index (χ1n) is 6.51. The van der Waals surface area contributed by atoms with Crippen molar-refractivity contribution in [3.63, 3.8) is 0 Å². The monoisotopic (exact) mass is 232 g/mol. The quantitative estimate of drug-likeness (QED) is 0.849. The van der Waals surface area contributed by atoms with Crippen LogP contribution >= 0.6 is 0 Å². The molecule has 0 aromatic heterocycles. The van der Waals surface area contributed by atoms with Gasteiger partial charge in [0.15, 0.2) is 0 Å². The number of nitrogens with zero attached hydrogens (tertiary/aromatic N) is 1. The molecule has 0 unspecified atom stereocenters. The average Bonchev–Trinajstić information content (AvgIpc) is 2.26. The number of rotatable bonds is 2. The predicted octanol–water partition coefficient (Wildman–Crippen LogP) is 2.63. The minimum Gasteiger partial charge on any atom is -0.326 e. The summed E-state index contributed by atoms with van der Waals surface area (Å²) < 4.78 is 0. The molecule has 94 valence electrons. The van der Waals surface area contributed by atoms with Gasteiger partial charge in [-0.3, -0.25) is 4.90 Å². The van der Waals surface area contributed by atoms with Crippen LogP contribution in [0.2, 0.25) is 0 Å². The molecule has 1 aliphatic heterocycles. The standard InChI is InChI=1S/C15H24N2/c1-12-14(16)9-15(2,3)11-17(12)10-13-7-5-4-6-8-13/h4-8,12,14H,9-11,16H2,1-3H3/t12-,14+/m1/s1. The van der Waals surface area contributed by atoms with Gasteiger partial charge in [0.25, 0.3) is 0 Å². The van der Waals surface area contributed by atoms with Crippen LogP contribution in [0.3, 0.4) is 0 Å². The zero-order valence-corrected chi connectivity index (χ0v) is 11.2. The Balaban J connectivity index is 2.09. The van der Waals surface area contributed by atoms with Crippen molar-refractivity contribution >= 4 is 0 Å². The molecule has 0 amide bonds. The van der Waals surface area contributed by atoms with Crippen LogP contribution in [0.4, 0.5) is 0 Å². The van der Waals surface area contributed by atoms with Gasteiger partial charge in [-0.25, -0.2) is 0 Å². The van der Waals surface area contributed by atoms with Gasteiger partial charge in [-0.15, -0.1) is 0 Å². The van der Waals surface area contributed by atoms with Gasteiger partial charge >= 0.3 is 0 Å². The van der Waals surface area contributed by atoms with Gasteiger partial charge in [0.1, 0.15) is 0 Å². The summed E-state index contributed by atoms with van der Waals surface area (Å²) in [4.78, 5) is 2.52. The van der Waals surface area contributed by atoms with Crippen molar-refractivity contribution < 1.29 is 0 Å². The van der Waals surface area contributed by atoms with E-state index in [0.29, 0.717) is 17.5 Å². The van der Waals surface area contributed by atoms with Gasteiger partial charge < -0.3 is 5.73 Å². The maximum atomic E-state index is 6.26. The van der Waals surface area contributed by atoms with Crippen molar-refractivity contribution in [2.75, 3.05) is 6.54 Å². The minimum absolute atomic E-state index is 0.294. The summed E-state index contributed by atoms with van der Waals surface area (Å²) in [5.41, 5.74) is 7.97. The molecule has 2 heteroatoms. The van der Waals surface area contributed by atoms with E-state index in [9.17, 15) is 0 Å². The lowest BCUT2D eigenvalue weighted by atomic mass is 9.79. The first kappa shape index (κ1) is 12.6. The smallest absolute Gasteiger partial charge is 0.0237 e. The van der Waals surface area contributed by atoms with Gasteiger partial charge in [-0.05, 0) is 24.3 Å². The maximum absolute atomic E-state index is 6.26. The fourth-order valence-corrected chi connectivity index (χ4v) is 2.86. The predicted molar refractivity (Wildman–Crippen MR) is 72.7 cm³/mol. The zero-order chi connectivity index (χ0) is 12.5. The van der Waals surface area contributed by atoms with Crippen LogP contribution < -0.4 is 5.73 Å². The zero-order valence-electron chi connectivity index (χ0n) is 11.2. The van der Waals surface area contributed by atoms with Crippen LogP contribution in [0.5, 0.6) is 0 Å². The lowest BCUT2D eigenvalue weighted by Crippen LogP contribution is -2.55. The summed E-state index contributed by atoms with van der Waals surface area (Å²) in [6, 6.07) is 11.4. The molecule has 1 aliphatic rings. The fraction of sp³-hybridized carbons (Fsp3) is 0.600. The summed E-state index contributed by atoms with van der Waals surface area (Å²) in [7, 11) is 0. The van der Waals surface area contributed by atoms with Gasteiger partial charge in [-0.1, -0.05) is 44.2 Å². The number of nitrogens with two attached hydrogens (primary N) is 1. The van der Waals surface area contributed by atoms with Gasteiger partial charge in [0.2, 0.25) is 0 Å². The molecule has 0 aliphatic carbocycles. The van der Waals surface area contributed by atoms with Gasteiger partial charge in [-0.2, -0.15) is 0 Å². The van der Waals surface area contributed by atoms with Crippen LogP contribution in [0.25, 0.3) is 0 Å². The Labute approximate surface area is 105 Å². The average molecular weight is 232 g/mol. The van der Waals surface area contributed by atoms with E-state index in [2.05, 4.69) is 56.0 Å². The number of hydrogen-bond donors (Lipinski definition) is 1. The van der Waals surface area contributed by atoms with E-state index in [1.54, 1.807) is 0 Å². The normalized spacial score (nSPS) is 29.2. The minimum atomic E-state index is 0.294. The molecular formula is C15H24N2. The van der Waals surface area contributed by atoms with E-state index >= 15 is 0 Å². The second-order valence-corrected chi connectivity index (χ2v) is 6.16. The molecule has 0 spiro atoms. The van der Waals surface area contributed by atoms with Crippen molar-refractivity contribution in [1.29, 1.82) is 0 Å². The van der Waals surface area contributed by atoms with Gasteiger partial charge in [0.05, 0.1) is 0 Å². The molecule has 0 saturated carbocycles. The third-order valence-corrected chi connectivity index (χ3v) is 3.84. The summed E-state index contributed by atoms with van der Waals surface area (Å²) in [6.07, 6.45) is 1.12. The second kappa shape index (κ2) is 4.79. The molecule has 17 heavy (non-hydrogen) atoms. The first-order valence-corrected chi connectivity index (χ1v) is 6.51. The molecule has 1 heterocycles. The van der Waals surface area contributed by atoms with E-state index in [1.807, 2.05) is 0 Å². The second-order valence-electron chi connectivity index (χ2n) is 6.16. The molecule has 1 aromatic carbocycles. The molecule has 0 bridgehead atoms. The van der Waals surface area contributed by atoms with Crippen molar-refractivity contribution in [1.82, 2.24) is 4.90 Å². The van der Waals surface area contributed by atoms with Crippen LogP contribution in [-0.2, 0) is 6.54 Å². The van der Waals surface area contributed by atoms with E-state index < -0.39 is 0 Å².